The smallest absolute Gasteiger partial charge is 0.246 e. The lowest BCUT2D eigenvalue weighted by Gasteiger charge is -2.13. The van der Waals surface area contributed by atoms with Crippen LogP contribution in [0.25, 0.3) is 11.4 Å². The van der Waals surface area contributed by atoms with Gasteiger partial charge in [-0.1, -0.05) is 18.5 Å². The highest BCUT2D eigenvalue weighted by atomic mass is 35.5. The van der Waals surface area contributed by atoms with E-state index in [1.807, 2.05) is 26.1 Å². The van der Waals surface area contributed by atoms with Gasteiger partial charge in [0.1, 0.15) is 0 Å². The van der Waals surface area contributed by atoms with Gasteiger partial charge in [0, 0.05) is 17.1 Å². The van der Waals surface area contributed by atoms with Gasteiger partial charge in [-0.05, 0) is 55.9 Å². The first-order chi connectivity index (χ1) is 11.2. The Morgan fingerprint density at radius 1 is 1.30 bits per heavy atom. The third-order valence-corrected chi connectivity index (χ3v) is 3.65. The monoisotopic (exact) mass is 336 g/mol. The third kappa shape index (κ3) is 4.74. The Morgan fingerprint density at radius 2 is 2.04 bits per heavy atom. The molecule has 1 aromatic carbocycles. The summed E-state index contributed by atoms with van der Waals surface area (Å²) in [6.45, 7) is 3.40. The van der Waals surface area contributed by atoms with Crippen LogP contribution < -0.4 is 10.6 Å². The lowest BCUT2D eigenvalue weighted by molar-refractivity contribution is -0.125. The SMILES string of the molecule is CCC(C(=O)NCCCNC)n1nnc(-c2ccc(Cl)cc2)n1. The van der Waals surface area contributed by atoms with Gasteiger partial charge in [0.25, 0.3) is 0 Å². The fourth-order valence-corrected chi connectivity index (χ4v) is 2.25. The van der Waals surface area contributed by atoms with Crippen molar-refractivity contribution in [1.29, 1.82) is 0 Å². The van der Waals surface area contributed by atoms with Crippen LogP contribution in [-0.2, 0) is 4.79 Å². The average Bonchev–Trinajstić information content (AvgIpc) is 3.02. The summed E-state index contributed by atoms with van der Waals surface area (Å²) < 4.78 is 0. The number of nitrogens with one attached hydrogen (secondary N) is 2. The molecule has 124 valence electrons. The minimum Gasteiger partial charge on any atom is -0.354 e. The Hall–Kier alpha value is -1.99. The van der Waals surface area contributed by atoms with Crippen LogP contribution >= 0.6 is 11.6 Å². The number of rotatable bonds is 8. The zero-order valence-electron chi connectivity index (χ0n) is 13.3. The molecule has 23 heavy (non-hydrogen) atoms. The van der Waals surface area contributed by atoms with Gasteiger partial charge in [-0.3, -0.25) is 4.79 Å². The van der Waals surface area contributed by atoms with Gasteiger partial charge in [0.15, 0.2) is 6.04 Å². The number of halogens is 1. The summed E-state index contributed by atoms with van der Waals surface area (Å²) in [6.07, 6.45) is 1.47. The summed E-state index contributed by atoms with van der Waals surface area (Å²) in [4.78, 5) is 13.6. The number of hydrogen-bond acceptors (Lipinski definition) is 5. The second-order valence-electron chi connectivity index (χ2n) is 5.11. The molecule has 2 aromatic rings. The fraction of sp³-hybridized carbons (Fsp3) is 0.467. The lowest BCUT2D eigenvalue weighted by atomic mass is 10.2. The van der Waals surface area contributed by atoms with Crippen molar-refractivity contribution in [2.24, 2.45) is 0 Å². The molecule has 7 nitrogen and oxygen atoms in total. The number of amides is 1. The molecule has 1 amide bonds. The molecule has 0 aliphatic heterocycles. The van der Waals surface area contributed by atoms with E-state index in [0.29, 0.717) is 23.8 Å². The van der Waals surface area contributed by atoms with Crippen molar-refractivity contribution in [3.63, 3.8) is 0 Å². The molecule has 8 heteroatoms. The summed E-state index contributed by atoms with van der Waals surface area (Å²) in [7, 11) is 1.88. The summed E-state index contributed by atoms with van der Waals surface area (Å²) in [5.41, 5.74) is 0.810. The Bertz CT molecular complexity index is 627. The van der Waals surface area contributed by atoms with Crippen LogP contribution in [-0.4, -0.2) is 46.3 Å². The molecule has 2 rings (SSSR count). The quantitative estimate of drug-likeness (QED) is 0.716. The summed E-state index contributed by atoms with van der Waals surface area (Å²) >= 11 is 5.87. The predicted octanol–water partition coefficient (Wildman–Crippen LogP) is 1.67. The molecule has 2 N–H and O–H groups in total. The van der Waals surface area contributed by atoms with Crippen molar-refractivity contribution in [2.75, 3.05) is 20.1 Å². The first kappa shape index (κ1) is 17.4. The molecule has 0 radical (unpaired) electrons. The van der Waals surface area contributed by atoms with Crippen molar-refractivity contribution in [3.05, 3.63) is 29.3 Å². The molecule has 0 saturated heterocycles. The molecule has 0 aliphatic carbocycles. The highest BCUT2D eigenvalue weighted by Gasteiger charge is 2.21. The van der Waals surface area contributed by atoms with Gasteiger partial charge in [-0.15, -0.1) is 10.2 Å². The van der Waals surface area contributed by atoms with Gasteiger partial charge in [0.05, 0.1) is 0 Å². The van der Waals surface area contributed by atoms with E-state index in [9.17, 15) is 4.79 Å². The number of carbonyl (C=O) groups is 1. The zero-order valence-corrected chi connectivity index (χ0v) is 14.0. The lowest BCUT2D eigenvalue weighted by Crippen LogP contribution is -2.34. The number of tetrazole rings is 1. The zero-order chi connectivity index (χ0) is 16.7. The molecule has 1 atom stereocenters. The fourth-order valence-electron chi connectivity index (χ4n) is 2.12. The predicted molar refractivity (Wildman–Crippen MR) is 89.1 cm³/mol. The number of nitrogens with zero attached hydrogens (tertiary/aromatic N) is 4. The van der Waals surface area contributed by atoms with Crippen LogP contribution in [0.2, 0.25) is 5.02 Å². The molecule has 0 aliphatic rings. The van der Waals surface area contributed by atoms with E-state index in [4.69, 9.17) is 11.6 Å². The second-order valence-corrected chi connectivity index (χ2v) is 5.55. The summed E-state index contributed by atoms with van der Waals surface area (Å²) in [6, 6.07) is 6.72. The maximum Gasteiger partial charge on any atom is 0.246 e. The Labute approximate surface area is 140 Å². The van der Waals surface area contributed by atoms with Gasteiger partial charge in [-0.25, -0.2) is 0 Å². The van der Waals surface area contributed by atoms with Crippen LogP contribution in [0.5, 0.6) is 0 Å². The van der Waals surface area contributed by atoms with Crippen molar-refractivity contribution < 1.29 is 4.79 Å². The Morgan fingerprint density at radius 3 is 2.70 bits per heavy atom. The molecule has 0 saturated carbocycles. The highest BCUT2D eigenvalue weighted by molar-refractivity contribution is 6.30. The van der Waals surface area contributed by atoms with Crippen molar-refractivity contribution >= 4 is 17.5 Å². The Kier molecular flexibility index (Phi) is 6.49. The number of aromatic nitrogens is 4. The van der Waals surface area contributed by atoms with Gasteiger partial charge in [-0.2, -0.15) is 4.80 Å². The van der Waals surface area contributed by atoms with Crippen molar-refractivity contribution in [2.45, 2.75) is 25.8 Å². The van der Waals surface area contributed by atoms with E-state index in [1.165, 1.54) is 4.80 Å². The van der Waals surface area contributed by atoms with Crippen molar-refractivity contribution in [3.8, 4) is 11.4 Å². The molecule has 1 heterocycles. The summed E-state index contributed by atoms with van der Waals surface area (Å²) in [5, 5.41) is 19.0. The third-order valence-electron chi connectivity index (χ3n) is 3.40. The van der Waals surface area contributed by atoms with E-state index in [1.54, 1.807) is 12.1 Å². The topological polar surface area (TPSA) is 84.7 Å². The van der Waals surface area contributed by atoms with E-state index < -0.39 is 6.04 Å². The van der Waals surface area contributed by atoms with Gasteiger partial charge in [0.2, 0.25) is 11.7 Å². The van der Waals surface area contributed by atoms with Crippen LogP contribution in [0.4, 0.5) is 0 Å². The first-order valence-electron chi connectivity index (χ1n) is 7.63. The summed E-state index contributed by atoms with van der Waals surface area (Å²) in [5.74, 6) is 0.381. The van der Waals surface area contributed by atoms with E-state index >= 15 is 0 Å². The molecular weight excluding hydrogens is 316 g/mol. The molecule has 0 bridgehead atoms. The van der Waals surface area contributed by atoms with Crippen LogP contribution in [0, 0.1) is 0 Å². The van der Waals surface area contributed by atoms with E-state index in [-0.39, 0.29) is 5.91 Å². The molecule has 1 unspecified atom stereocenters. The molecule has 1 aromatic heterocycles. The number of benzene rings is 1. The first-order valence-corrected chi connectivity index (χ1v) is 8.01. The standard InChI is InChI=1S/C15H21ClN6O/c1-3-13(15(23)18-10-4-9-17-2)22-20-14(19-21-22)11-5-7-12(16)8-6-11/h5-8,13,17H,3-4,9-10H2,1-2H3,(H,18,23). The van der Waals surface area contributed by atoms with Crippen LogP contribution in [0.1, 0.15) is 25.8 Å². The molecule has 0 fully saturated rings. The molecule has 0 spiro atoms. The largest absolute Gasteiger partial charge is 0.354 e. The second kappa shape index (κ2) is 8.59. The Balaban J connectivity index is 2.04. The number of carbonyl (C=O) groups excluding carboxylic acids is 1. The van der Waals surface area contributed by atoms with E-state index in [0.717, 1.165) is 18.5 Å². The minimum atomic E-state index is -0.460. The van der Waals surface area contributed by atoms with Gasteiger partial charge >= 0.3 is 0 Å². The number of hydrogen-bond donors (Lipinski definition) is 2. The highest BCUT2D eigenvalue weighted by Crippen LogP contribution is 2.18. The maximum atomic E-state index is 12.3. The van der Waals surface area contributed by atoms with Crippen LogP contribution in [0.15, 0.2) is 24.3 Å². The minimum absolute atomic E-state index is 0.0938. The maximum absolute atomic E-state index is 12.3. The molecular formula is C15H21ClN6O. The van der Waals surface area contributed by atoms with Gasteiger partial charge < -0.3 is 10.6 Å². The normalized spacial score (nSPS) is 12.1. The van der Waals surface area contributed by atoms with Crippen molar-refractivity contribution in [1.82, 2.24) is 30.8 Å². The van der Waals surface area contributed by atoms with Crippen LogP contribution in [0.3, 0.4) is 0 Å². The van der Waals surface area contributed by atoms with E-state index in [2.05, 4.69) is 26.0 Å². The average molecular weight is 337 g/mol.